The van der Waals surface area contributed by atoms with Crippen molar-refractivity contribution in [2.24, 2.45) is 5.41 Å². The van der Waals surface area contributed by atoms with Gasteiger partial charge in [-0.15, -0.1) is 0 Å². The Morgan fingerprint density at radius 1 is 0.774 bits per heavy atom. The maximum absolute atomic E-state index is 13.0. The minimum Gasteiger partial charge on any atom is -0.465 e. The third-order valence-electron chi connectivity index (χ3n) is 6.48. The van der Waals surface area contributed by atoms with Gasteiger partial charge in [0.15, 0.2) is 5.41 Å². The molecule has 1 rings (SSSR count). The fourth-order valence-electron chi connectivity index (χ4n) is 3.84. The van der Waals surface area contributed by atoms with E-state index in [9.17, 15) is 9.59 Å². The van der Waals surface area contributed by atoms with Gasteiger partial charge in [-0.05, 0) is 50.3 Å². The summed E-state index contributed by atoms with van der Waals surface area (Å²) in [5.41, 5.74) is 0.720. The molecule has 176 valence electrons. The van der Waals surface area contributed by atoms with E-state index in [0.29, 0.717) is 25.2 Å². The number of esters is 2. The molecular weight excluding hydrogens is 388 g/mol. The van der Waals surface area contributed by atoms with E-state index in [1.807, 2.05) is 39.8 Å². The standard InChI is InChI=1S/C27H44O4/c1-6-9-10-11-12-13-14-15-16-17-21-30-25(28)27(7-2,8-3)26(29)31-24-20-18-19-22(4)23(24)5/h18-20H,6-17,21H2,1-5H3. The summed E-state index contributed by atoms with van der Waals surface area (Å²) in [6.45, 7) is 10.2. The minimum absolute atomic E-state index is 0.365. The lowest BCUT2D eigenvalue weighted by molar-refractivity contribution is -0.168. The number of hydrogen-bond acceptors (Lipinski definition) is 4. The van der Waals surface area contributed by atoms with Crippen molar-refractivity contribution >= 4 is 11.9 Å². The van der Waals surface area contributed by atoms with Crippen LogP contribution >= 0.6 is 0 Å². The van der Waals surface area contributed by atoms with E-state index in [-0.39, 0.29) is 0 Å². The van der Waals surface area contributed by atoms with Crippen LogP contribution in [0.1, 0.15) is 109 Å². The molecular formula is C27H44O4. The monoisotopic (exact) mass is 432 g/mol. The van der Waals surface area contributed by atoms with Crippen molar-refractivity contribution in [1.82, 2.24) is 0 Å². The third kappa shape index (κ3) is 8.66. The van der Waals surface area contributed by atoms with Gasteiger partial charge in [0.2, 0.25) is 0 Å². The Bertz CT molecular complexity index is 661. The van der Waals surface area contributed by atoms with E-state index in [0.717, 1.165) is 24.0 Å². The van der Waals surface area contributed by atoms with Crippen LogP contribution in [0.25, 0.3) is 0 Å². The number of aryl methyl sites for hydroxylation is 1. The van der Waals surface area contributed by atoms with Gasteiger partial charge < -0.3 is 9.47 Å². The van der Waals surface area contributed by atoms with Gasteiger partial charge in [-0.25, -0.2) is 0 Å². The SMILES string of the molecule is CCCCCCCCCCCCOC(=O)C(CC)(CC)C(=O)Oc1cccc(C)c1C. The maximum atomic E-state index is 13.0. The highest BCUT2D eigenvalue weighted by Crippen LogP contribution is 2.32. The summed E-state index contributed by atoms with van der Waals surface area (Å²) in [7, 11) is 0. The number of benzene rings is 1. The second-order valence-corrected chi connectivity index (χ2v) is 8.69. The molecule has 0 amide bonds. The molecule has 0 atom stereocenters. The molecule has 0 fully saturated rings. The summed E-state index contributed by atoms with van der Waals surface area (Å²) in [6, 6.07) is 5.60. The zero-order valence-corrected chi connectivity index (χ0v) is 20.6. The summed E-state index contributed by atoms with van der Waals surface area (Å²) in [5, 5.41) is 0. The van der Waals surface area contributed by atoms with Crippen molar-refractivity contribution < 1.29 is 19.1 Å². The molecule has 31 heavy (non-hydrogen) atoms. The molecule has 0 unspecified atom stereocenters. The van der Waals surface area contributed by atoms with Crippen molar-refractivity contribution in [2.75, 3.05) is 6.61 Å². The Labute approximate surface area is 190 Å². The van der Waals surface area contributed by atoms with Crippen molar-refractivity contribution in [1.29, 1.82) is 0 Å². The summed E-state index contributed by atoms with van der Waals surface area (Å²) in [6.07, 6.45) is 13.0. The van der Waals surface area contributed by atoms with Gasteiger partial charge in [0.05, 0.1) is 6.61 Å². The zero-order chi connectivity index (χ0) is 23.1. The van der Waals surface area contributed by atoms with Crippen LogP contribution in [0.3, 0.4) is 0 Å². The normalized spacial score (nSPS) is 11.4. The molecule has 0 aliphatic heterocycles. The Morgan fingerprint density at radius 3 is 1.87 bits per heavy atom. The molecule has 4 heteroatoms. The highest BCUT2D eigenvalue weighted by molar-refractivity contribution is 6.00. The van der Waals surface area contributed by atoms with Gasteiger partial charge >= 0.3 is 11.9 Å². The van der Waals surface area contributed by atoms with Gasteiger partial charge in [-0.2, -0.15) is 0 Å². The maximum Gasteiger partial charge on any atom is 0.328 e. The highest BCUT2D eigenvalue weighted by atomic mass is 16.6. The van der Waals surface area contributed by atoms with Crippen LogP contribution in [0.15, 0.2) is 18.2 Å². The Balaban J connectivity index is 2.43. The van der Waals surface area contributed by atoms with Gasteiger partial charge in [0, 0.05) is 0 Å². The van der Waals surface area contributed by atoms with E-state index in [2.05, 4.69) is 6.92 Å². The summed E-state index contributed by atoms with van der Waals surface area (Å²) >= 11 is 0. The second-order valence-electron chi connectivity index (χ2n) is 8.69. The van der Waals surface area contributed by atoms with E-state index >= 15 is 0 Å². The topological polar surface area (TPSA) is 52.6 Å². The largest absolute Gasteiger partial charge is 0.465 e. The molecule has 1 aromatic carbocycles. The van der Waals surface area contributed by atoms with Gasteiger partial charge in [-0.3, -0.25) is 9.59 Å². The molecule has 1 aromatic rings. The molecule has 0 heterocycles. The number of ether oxygens (including phenoxy) is 2. The molecule has 0 aliphatic carbocycles. The van der Waals surface area contributed by atoms with E-state index in [1.165, 1.54) is 51.4 Å². The molecule has 0 bridgehead atoms. The summed E-state index contributed by atoms with van der Waals surface area (Å²) in [4.78, 5) is 25.8. The molecule has 0 aromatic heterocycles. The number of carbonyl (C=O) groups is 2. The summed E-state index contributed by atoms with van der Waals surface area (Å²) < 4.78 is 11.2. The fraction of sp³-hybridized carbons (Fsp3) is 0.704. The fourth-order valence-corrected chi connectivity index (χ4v) is 3.84. The molecule has 0 saturated heterocycles. The van der Waals surface area contributed by atoms with E-state index in [1.54, 1.807) is 6.07 Å². The average molecular weight is 433 g/mol. The van der Waals surface area contributed by atoms with Gasteiger partial charge in [-0.1, -0.05) is 90.7 Å². The average Bonchev–Trinajstić information content (AvgIpc) is 2.76. The highest BCUT2D eigenvalue weighted by Gasteiger charge is 2.46. The van der Waals surface area contributed by atoms with Crippen LogP contribution < -0.4 is 4.74 Å². The Hall–Kier alpha value is -1.84. The number of hydrogen-bond donors (Lipinski definition) is 0. The van der Waals surface area contributed by atoms with E-state index in [4.69, 9.17) is 9.47 Å². The van der Waals surface area contributed by atoms with Crippen LogP contribution in [0.4, 0.5) is 0 Å². The predicted octanol–water partition coefficient (Wildman–Crippen LogP) is 7.48. The zero-order valence-electron chi connectivity index (χ0n) is 20.6. The molecule has 0 aliphatic rings. The number of carbonyl (C=O) groups excluding carboxylic acids is 2. The Morgan fingerprint density at radius 2 is 1.32 bits per heavy atom. The Kier molecular flexibility index (Phi) is 13.2. The minimum atomic E-state index is -1.24. The van der Waals surface area contributed by atoms with Crippen LogP contribution in [-0.4, -0.2) is 18.5 Å². The second kappa shape index (κ2) is 15.0. The lowest BCUT2D eigenvalue weighted by Gasteiger charge is -2.27. The first-order chi connectivity index (χ1) is 14.9. The number of unbranched alkanes of at least 4 members (excludes halogenated alkanes) is 9. The molecule has 0 N–H and O–H groups in total. The number of rotatable bonds is 16. The predicted molar refractivity (Wildman–Crippen MR) is 127 cm³/mol. The summed E-state index contributed by atoms with van der Waals surface area (Å²) in [5.74, 6) is -0.457. The van der Waals surface area contributed by atoms with E-state index < -0.39 is 17.4 Å². The first kappa shape index (κ1) is 27.2. The van der Waals surface area contributed by atoms with Crippen LogP contribution in [0.2, 0.25) is 0 Å². The molecule has 0 saturated carbocycles. The van der Waals surface area contributed by atoms with Gasteiger partial charge in [0.25, 0.3) is 0 Å². The quantitative estimate of drug-likeness (QED) is 0.118. The molecule has 4 nitrogen and oxygen atoms in total. The smallest absolute Gasteiger partial charge is 0.328 e. The third-order valence-corrected chi connectivity index (χ3v) is 6.48. The lowest BCUT2D eigenvalue weighted by atomic mass is 9.82. The first-order valence-electron chi connectivity index (χ1n) is 12.4. The molecule has 0 spiro atoms. The van der Waals surface area contributed by atoms with Crippen LogP contribution in [0, 0.1) is 19.3 Å². The van der Waals surface area contributed by atoms with Gasteiger partial charge in [0.1, 0.15) is 5.75 Å². The lowest BCUT2D eigenvalue weighted by Crippen LogP contribution is -2.42. The molecule has 0 radical (unpaired) electrons. The first-order valence-corrected chi connectivity index (χ1v) is 12.4. The van der Waals surface area contributed by atoms with Crippen LogP contribution in [0.5, 0.6) is 5.75 Å². The van der Waals surface area contributed by atoms with Crippen molar-refractivity contribution in [2.45, 2.75) is 112 Å². The van der Waals surface area contributed by atoms with Crippen molar-refractivity contribution in [3.05, 3.63) is 29.3 Å². The van der Waals surface area contributed by atoms with Crippen molar-refractivity contribution in [3.63, 3.8) is 0 Å². The van der Waals surface area contributed by atoms with Crippen molar-refractivity contribution in [3.8, 4) is 5.75 Å². The van der Waals surface area contributed by atoms with Crippen LogP contribution in [-0.2, 0) is 14.3 Å².